The lowest BCUT2D eigenvalue weighted by Crippen LogP contribution is -2.45. The highest BCUT2D eigenvalue weighted by Gasteiger charge is 2.23. The van der Waals surface area contributed by atoms with Gasteiger partial charge in [0, 0.05) is 25.9 Å². The number of rotatable bonds is 8. The standard InChI is InChI=1S/C15H22N2O4/c1-11-5-3-4-6-13(11)17(9-7-14(18)19)15(20)12(16)8-10-21-2/h3-6,12H,7-10,16H2,1-2H3,(H,18,19). The second kappa shape index (κ2) is 8.39. The predicted octanol–water partition coefficient (Wildman–Crippen LogP) is 1.17. The van der Waals surface area contributed by atoms with Crippen molar-refractivity contribution in [2.45, 2.75) is 25.8 Å². The number of carbonyl (C=O) groups is 2. The van der Waals surface area contributed by atoms with Crippen LogP contribution >= 0.6 is 0 Å². The van der Waals surface area contributed by atoms with Crippen LogP contribution in [-0.4, -0.2) is 43.3 Å². The number of carbonyl (C=O) groups excluding carboxylic acids is 1. The van der Waals surface area contributed by atoms with E-state index in [-0.39, 0.29) is 18.9 Å². The van der Waals surface area contributed by atoms with Gasteiger partial charge in [0.25, 0.3) is 0 Å². The second-order valence-corrected chi connectivity index (χ2v) is 4.81. The monoisotopic (exact) mass is 294 g/mol. The normalized spacial score (nSPS) is 12.0. The van der Waals surface area contributed by atoms with Crippen molar-refractivity contribution < 1.29 is 19.4 Å². The van der Waals surface area contributed by atoms with E-state index in [0.717, 1.165) is 5.56 Å². The number of aliphatic carboxylic acids is 1. The molecule has 1 rings (SSSR count). The molecule has 6 nitrogen and oxygen atoms in total. The zero-order valence-corrected chi connectivity index (χ0v) is 12.4. The molecular weight excluding hydrogens is 272 g/mol. The summed E-state index contributed by atoms with van der Waals surface area (Å²) in [4.78, 5) is 24.7. The molecule has 0 aliphatic carbocycles. The van der Waals surface area contributed by atoms with Crippen LogP contribution in [0.1, 0.15) is 18.4 Å². The van der Waals surface area contributed by atoms with Crippen LogP contribution < -0.4 is 10.6 Å². The summed E-state index contributed by atoms with van der Waals surface area (Å²) in [6, 6.07) is 6.63. The Morgan fingerprint density at radius 2 is 2.05 bits per heavy atom. The maximum atomic E-state index is 12.5. The van der Waals surface area contributed by atoms with Crippen molar-refractivity contribution >= 4 is 17.6 Å². The van der Waals surface area contributed by atoms with Crippen molar-refractivity contribution in [1.82, 2.24) is 0 Å². The summed E-state index contributed by atoms with van der Waals surface area (Å²) < 4.78 is 4.93. The third-order valence-corrected chi connectivity index (χ3v) is 3.17. The van der Waals surface area contributed by atoms with Gasteiger partial charge in [0.1, 0.15) is 0 Å². The molecule has 1 aromatic carbocycles. The van der Waals surface area contributed by atoms with E-state index >= 15 is 0 Å². The molecule has 116 valence electrons. The van der Waals surface area contributed by atoms with Crippen LogP contribution in [0.4, 0.5) is 5.69 Å². The smallest absolute Gasteiger partial charge is 0.305 e. The molecule has 0 fully saturated rings. The van der Waals surface area contributed by atoms with Gasteiger partial charge in [-0.1, -0.05) is 18.2 Å². The Hall–Kier alpha value is -1.92. The molecule has 6 heteroatoms. The average Bonchev–Trinajstić information content (AvgIpc) is 2.46. The van der Waals surface area contributed by atoms with Crippen molar-refractivity contribution in [2.75, 3.05) is 25.2 Å². The van der Waals surface area contributed by atoms with Gasteiger partial charge < -0.3 is 20.5 Å². The Balaban J connectivity index is 2.94. The van der Waals surface area contributed by atoms with Gasteiger partial charge in [0.15, 0.2) is 0 Å². The van der Waals surface area contributed by atoms with Crippen LogP contribution in [0.3, 0.4) is 0 Å². The molecule has 1 amide bonds. The van der Waals surface area contributed by atoms with Gasteiger partial charge in [-0.25, -0.2) is 0 Å². The SMILES string of the molecule is COCCC(N)C(=O)N(CCC(=O)O)c1ccccc1C. The maximum absolute atomic E-state index is 12.5. The number of nitrogens with two attached hydrogens (primary N) is 1. The van der Waals surface area contributed by atoms with Crippen molar-refractivity contribution in [1.29, 1.82) is 0 Å². The average molecular weight is 294 g/mol. The molecule has 0 aromatic heterocycles. The number of amides is 1. The zero-order chi connectivity index (χ0) is 15.8. The molecule has 0 saturated heterocycles. The second-order valence-electron chi connectivity index (χ2n) is 4.81. The number of anilines is 1. The van der Waals surface area contributed by atoms with E-state index in [0.29, 0.717) is 18.7 Å². The Kier molecular flexibility index (Phi) is 6.84. The minimum atomic E-state index is -0.952. The first-order valence-electron chi connectivity index (χ1n) is 6.80. The number of nitrogens with zero attached hydrogens (tertiary/aromatic N) is 1. The molecule has 1 aromatic rings. The molecule has 1 atom stereocenters. The Morgan fingerprint density at radius 1 is 1.38 bits per heavy atom. The Labute approximate surface area is 124 Å². The fraction of sp³-hybridized carbons (Fsp3) is 0.467. The molecule has 0 aliphatic rings. The minimum absolute atomic E-state index is 0.0969. The third-order valence-electron chi connectivity index (χ3n) is 3.17. The maximum Gasteiger partial charge on any atom is 0.305 e. The summed E-state index contributed by atoms with van der Waals surface area (Å²) in [6.07, 6.45) is 0.266. The van der Waals surface area contributed by atoms with Gasteiger partial charge in [-0.3, -0.25) is 9.59 Å². The molecule has 0 radical (unpaired) electrons. The largest absolute Gasteiger partial charge is 0.481 e. The number of benzene rings is 1. The zero-order valence-electron chi connectivity index (χ0n) is 12.4. The third kappa shape index (κ3) is 5.17. The van der Waals surface area contributed by atoms with Crippen LogP contribution in [0.15, 0.2) is 24.3 Å². The van der Waals surface area contributed by atoms with E-state index in [1.54, 1.807) is 13.2 Å². The lowest BCUT2D eigenvalue weighted by Gasteiger charge is -2.26. The van der Waals surface area contributed by atoms with Crippen LogP contribution in [-0.2, 0) is 14.3 Å². The first-order chi connectivity index (χ1) is 9.97. The quantitative estimate of drug-likeness (QED) is 0.750. The molecule has 1 unspecified atom stereocenters. The van der Waals surface area contributed by atoms with Crippen molar-refractivity contribution in [2.24, 2.45) is 5.73 Å². The molecule has 0 bridgehead atoms. The summed E-state index contributed by atoms with van der Waals surface area (Å²) in [5.41, 5.74) is 7.47. The first-order valence-corrected chi connectivity index (χ1v) is 6.80. The topological polar surface area (TPSA) is 92.9 Å². The Bertz CT molecular complexity index is 490. The molecular formula is C15H22N2O4. The number of methoxy groups -OCH3 is 1. The van der Waals surface area contributed by atoms with Gasteiger partial charge in [0.05, 0.1) is 12.5 Å². The summed E-state index contributed by atoms with van der Waals surface area (Å²) in [7, 11) is 1.54. The molecule has 21 heavy (non-hydrogen) atoms. The van der Waals surface area contributed by atoms with E-state index in [9.17, 15) is 9.59 Å². The van der Waals surface area contributed by atoms with Crippen LogP contribution in [0.25, 0.3) is 0 Å². The first kappa shape index (κ1) is 17.1. The van der Waals surface area contributed by atoms with E-state index in [1.807, 2.05) is 25.1 Å². The fourth-order valence-electron chi connectivity index (χ4n) is 1.99. The summed E-state index contributed by atoms with van der Waals surface area (Å²) in [6.45, 7) is 2.35. The van der Waals surface area contributed by atoms with E-state index in [2.05, 4.69) is 0 Å². The van der Waals surface area contributed by atoms with E-state index in [4.69, 9.17) is 15.6 Å². The molecule has 0 spiro atoms. The van der Waals surface area contributed by atoms with Gasteiger partial charge >= 0.3 is 5.97 Å². The van der Waals surface area contributed by atoms with Gasteiger partial charge in [-0.2, -0.15) is 0 Å². The van der Waals surface area contributed by atoms with Crippen molar-refractivity contribution in [3.8, 4) is 0 Å². The Morgan fingerprint density at radius 3 is 2.62 bits per heavy atom. The molecule has 3 N–H and O–H groups in total. The minimum Gasteiger partial charge on any atom is -0.481 e. The van der Waals surface area contributed by atoms with E-state index in [1.165, 1.54) is 4.90 Å². The lowest BCUT2D eigenvalue weighted by molar-refractivity contribution is -0.136. The van der Waals surface area contributed by atoms with Crippen LogP contribution in [0.5, 0.6) is 0 Å². The summed E-state index contributed by atoms with van der Waals surface area (Å²) >= 11 is 0. The number of hydrogen-bond donors (Lipinski definition) is 2. The van der Waals surface area contributed by atoms with Gasteiger partial charge in [-0.05, 0) is 25.0 Å². The fourth-order valence-corrected chi connectivity index (χ4v) is 1.99. The summed E-state index contributed by atoms with van der Waals surface area (Å²) in [5.74, 6) is -1.24. The van der Waals surface area contributed by atoms with Crippen LogP contribution in [0.2, 0.25) is 0 Å². The lowest BCUT2D eigenvalue weighted by atomic mass is 10.1. The van der Waals surface area contributed by atoms with Crippen molar-refractivity contribution in [3.63, 3.8) is 0 Å². The molecule has 0 aliphatic heterocycles. The summed E-state index contributed by atoms with van der Waals surface area (Å²) in [5, 5.41) is 8.85. The van der Waals surface area contributed by atoms with Gasteiger partial charge in [-0.15, -0.1) is 0 Å². The van der Waals surface area contributed by atoms with Gasteiger partial charge in [0.2, 0.25) is 5.91 Å². The number of carboxylic acid groups (broad SMARTS) is 1. The molecule has 0 saturated carbocycles. The molecule has 0 heterocycles. The van der Waals surface area contributed by atoms with E-state index < -0.39 is 12.0 Å². The highest BCUT2D eigenvalue weighted by Crippen LogP contribution is 2.20. The van der Waals surface area contributed by atoms with Crippen LogP contribution in [0, 0.1) is 6.92 Å². The predicted molar refractivity (Wildman–Crippen MR) is 80.3 cm³/mol. The highest BCUT2D eigenvalue weighted by atomic mass is 16.5. The number of hydrogen-bond acceptors (Lipinski definition) is 4. The highest BCUT2D eigenvalue weighted by molar-refractivity contribution is 5.98. The number of para-hydroxylation sites is 1. The number of ether oxygens (including phenoxy) is 1. The van der Waals surface area contributed by atoms with Crippen molar-refractivity contribution in [3.05, 3.63) is 29.8 Å². The number of carboxylic acids is 1. The number of aryl methyl sites for hydroxylation is 1.